The summed E-state index contributed by atoms with van der Waals surface area (Å²) in [4.78, 5) is 12.3. The second-order valence-electron chi connectivity index (χ2n) is 3.42. The van der Waals surface area contributed by atoms with Gasteiger partial charge in [-0.15, -0.1) is 23.5 Å². The van der Waals surface area contributed by atoms with Crippen LogP contribution >= 0.6 is 23.5 Å². The topological polar surface area (TPSA) is 40.5 Å². The van der Waals surface area contributed by atoms with Gasteiger partial charge in [0.05, 0.1) is 10.3 Å². The van der Waals surface area contributed by atoms with Crippen LogP contribution in [0.25, 0.3) is 0 Å². The zero-order valence-electron chi connectivity index (χ0n) is 10.2. The molecule has 0 spiro atoms. The molecule has 0 aromatic heterocycles. The molecule has 0 aliphatic rings. The van der Waals surface area contributed by atoms with E-state index < -0.39 is 6.09 Å². The molecule has 17 heavy (non-hydrogen) atoms. The first-order chi connectivity index (χ1) is 8.11. The molecule has 3 nitrogen and oxygen atoms in total. The van der Waals surface area contributed by atoms with Crippen molar-refractivity contribution in [2.24, 2.45) is 0 Å². The van der Waals surface area contributed by atoms with Crippen LogP contribution in [0, 0.1) is 0 Å². The van der Waals surface area contributed by atoms with Crippen LogP contribution in [-0.4, -0.2) is 30.3 Å². The van der Waals surface area contributed by atoms with Crippen molar-refractivity contribution in [2.45, 2.75) is 11.5 Å². The van der Waals surface area contributed by atoms with Crippen molar-refractivity contribution in [3.63, 3.8) is 0 Å². The lowest BCUT2D eigenvalue weighted by molar-refractivity contribution is 0.203. The van der Waals surface area contributed by atoms with Crippen LogP contribution in [-0.2, 0) is 0 Å². The van der Waals surface area contributed by atoms with Gasteiger partial charge in [0.2, 0.25) is 0 Å². The van der Waals surface area contributed by atoms with Crippen molar-refractivity contribution < 1.29 is 9.90 Å². The predicted octanol–water partition coefficient (Wildman–Crippen LogP) is 3.92. The fourth-order valence-corrected chi connectivity index (χ4v) is 3.62. The van der Waals surface area contributed by atoms with Gasteiger partial charge in [0.15, 0.2) is 0 Å². The maximum Gasteiger partial charge on any atom is 0.411 e. The Bertz CT molecular complexity index is 385. The van der Waals surface area contributed by atoms with E-state index in [1.165, 1.54) is 4.90 Å². The third kappa shape index (κ3) is 3.57. The average molecular weight is 271 g/mol. The molecule has 1 rings (SSSR count). The van der Waals surface area contributed by atoms with E-state index in [9.17, 15) is 4.79 Å². The number of hydrogen-bond donors (Lipinski definition) is 1. The number of nitrogens with zero attached hydrogens (tertiary/aromatic N) is 1. The van der Waals surface area contributed by atoms with E-state index in [2.05, 4.69) is 6.92 Å². The summed E-state index contributed by atoms with van der Waals surface area (Å²) in [7, 11) is 1.58. The average Bonchev–Trinajstić information content (AvgIpc) is 2.35. The number of anilines is 1. The van der Waals surface area contributed by atoms with Crippen molar-refractivity contribution in [3.05, 3.63) is 29.8 Å². The van der Waals surface area contributed by atoms with E-state index in [0.29, 0.717) is 0 Å². The van der Waals surface area contributed by atoms with Crippen molar-refractivity contribution in [1.29, 1.82) is 0 Å². The molecule has 0 aliphatic heterocycles. The highest BCUT2D eigenvalue weighted by Gasteiger charge is 2.18. The zero-order valence-corrected chi connectivity index (χ0v) is 11.8. The van der Waals surface area contributed by atoms with E-state index in [-0.39, 0.29) is 4.58 Å². The summed E-state index contributed by atoms with van der Waals surface area (Å²) in [5.74, 6) is 1.01. The molecular weight excluding hydrogens is 254 g/mol. The number of para-hydroxylation sites is 1. The highest BCUT2D eigenvalue weighted by atomic mass is 32.2. The van der Waals surface area contributed by atoms with Gasteiger partial charge in [-0.2, -0.15) is 0 Å². The van der Waals surface area contributed by atoms with Gasteiger partial charge in [-0.05, 0) is 23.6 Å². The van der Waals surface area contributed by atoms with Crippen LogP contribution in [0.5, 0.6) is 0 Å². The summed E-state index contributed by atoms with van der Waals surface area (Å²) in [6.45, 7) is 2.11. The van der Waals surface area contributed by atoms with Gasteiger partial charge >= 0.3 is 6.09 Å². The first kappa shape index (κ1) is 14.3. The lowest BCUT2D eigenvalue weighted by Gasteiger charge is -2.22. The van der Waals surface area contributed by atoms with Crippen LogP contribution in [0.4, 0.5) is 10.5 Å². The largest absolute Gasteiger partial charge is 0.465 e. The first-order valence-corrected chi connectivity index (χ1v) is 7.65. The summed E-state index contributed by atoms with van der Waals surface area (Å²) in [5, 5.41) is 9.06. The molecule has 0 heterocycles. The second kappa shape index (κ2) is 6.81. The molecule has 1 atom stereocenters. The van der Waals surface area contributed by atoms with Crippen LogP contribution in [0.1, 0.15) is 17.1 Å². The maximum atomic E-state index is 11.0. The fourth-order valence-electron chi connectivity index (χ4n) is 1.53. The molecule has 1 unspecified atom stereocenters. The number of amides is 1. The number of carboxylic acid groups (broad SMARTS) is 1. The third-order valence-electron chi connectivity index (χ3n) is 2.37. The lowest BCUT2D eigenvalue weighted by atomic mass is 10.2. The quantitative estimate of drug-likeness (QED) is 0.824. The fraction of sp³-hybridized carbons (Fsp3) is 0.417. The van der Waals surface area contributed by atoms with Gasteiger partial charge in [0.25, 0.3) is 0 Å². The van der Waals surface area contributed by atoms with E-state index in [1.807, 2.05) is 42.3 Å². The Morgan fingerprint density at radius 2 is 2.12 bits per heavy atom. The molecule has 1 amide bonds. The number of hydrogen-bond acceptors (Lipinski definition) is 3. The summed E-state index contributed by atoms with van der Waals surface area (Å²) in [6.07, 6.45) is 1.11. The van der Waals surface area contributed by atoms with Gasteiger partial charge in [0, 0.05) is 7.05 Å². The number of rotatable bonds is 5. The van der Waals surface area contributed by atoms with E-state index in [4.69, 9.17) is 5.11 Å². The molecule has 0 bridgehead atoms. The number of carbonyl (C=O) groups is 1. The standard InChI is InChI=1S/C12H17NO2S2/c1-4-17-11(16-3)9-7-5-6-8-10(9)13(2)12(14)15/h5-8,11H,4H2,1-3H3,(H,14,15). The highest BCUT2D eigenvalue weighted by molar-refractivity contribution is 8.16. The molecule has 5 heteroatoms. The van der Waals surface area contributed by atoms with Gasteiger partial charge in [-0.25, -0.2) is 4.79 Å². The van der Waals surface area contributed by atoms with Gasteiger partial charge < -0.3 is 5.11 Å². The Balaban J connectivity index is 3.09. The highest BCUT2D eigenvalue weighted by Crippen LogP contribution is 2.41. The van der Waals surface area contributed by atoms with Crippen molar-refractivity contribution in [2.75, 3.05) is 24.0 Å². The van der Waals surface area contributed by atoms with Gasteiger partial charge in [0.1, 0.15) is 0 Å². The summed E-state index contributed by atoms with van der Waals surface area (Å²) >= 11 is 3.55. The monoisotopic (exact) mass is 271 g/mol. The van der Waals surface area contributed by atoms with Crippen LogP contribution in [0.15, 0.2) is 24.3 Å². The molecule has 1 N–H and O–H groups in total. The molecule has 0 fully saturated rings. The van der Waals surface area contributed by atoms with Crippen LogP contribution in [0.2, 0.25) is 0 Å². The van der Waals surface area contributed by atoms with Gasteiger partial charge in [-0.1, -0.05) is 25.1 Å². The minimum absolute atomic E-state index is 0.276. The first-order valence-electron chi connectivity index (χ1n) is 5.31. The van der Waals surface area contributed by atoms with E-state index in [0.717, 1.165) is 17.0 Å². The molecule has 1 aromatic rings. The molecular formula is C12H17NO2S2. The minimum Gasteiger partial charge on any atom is -0.465 e. The zero-order chi connectivity index (χ0) is 12.8. The summed E-state index contributed by atoms with van der Waals surface area (Å²) in [5.41, 5.74) is 1.83. The summed E-state index contributed by atoms with van der Waals surface area (Å²) < 4.78 is 0.276. The van der Waals surface area contributed by atoms with Crippen molar-refractivity contribution in [1.82, 2.24) is 0 Å². The van der Waals surface area contributed by atoms with Gasteiger partial charge in [-0.3, -0.25) is 4.90 Å². The molecule has 0 saturated carbocycles. The molecule has 0 radical (unpaired) electrons. The molecule has 1 aromatic carbocycles. The van der Waals surface area contributed by atoms with Crippen molar-refractivity contribution >= 4 is 35.3 Å². The Hall–Kier alpha value is -0.810. The van der Waals surface area contributed by atoms with Crippen molar-refractivity contribution in [3.8, 4) is 0 Å². The molecule has 0 aliphatic carbocycles. The molecule has 0 saturated heterocycles. The number of benzene rings is 1. The Labute approximate surface area is 111 Å². The van der Waals surface area contributed by atoms with E-state index >= 15 is 0 Å². The predicted molar refractivity (Wildman–Crippen MR) is 77.3 cm³/mol. The Kier molecular flexibility index (Phi) is 5.71. The Morgan fingerprint density at radius 1 is 1.47 bits per heavy atom. The molecule has 94 valence electrons. The SMILES string of the molecule is CCSC(SC)c1ccccc1N(C)C(=O)O. The third-order valence-corrected chi connectivity index (χ3v) is 4.93. The lowest BCUT2D eigenvalue weighted by Crippen LogP contribution is -2.25. The second-order valence-corrected chi connectivity index (χ2v) is 6.05. The van der Waals surface area contributed by atoms with Crippen LogP contribution in [0.3, 0.4) is 0 Å². The summed E-state index contributed by atoms with van der Waals surface area (Å²) in [6, 6.07) is 7.67. The number of thioether (sulfide) groups is 2. The smallest absolute Gasteiger partial charge is 0.411 e. The Morgan fingerprint density at radius 3 is 2.65 bits per heavy atom. The van der Waals surface area contributed by atoms with Crippen LogP contribution < -0.4 is 4.90 Å². The minimum atomic E-state index is -0.932. The van der Waals surface area contributed by atoms with E-state index in [1.54, 1.807) is 18.8 Å². The maximum absolute atomic E-state index is 11.0. The normalized spacial score (nSPS) is 12.2.